The summed E-state index contributed by atoms with van der Waals surface area (Å²) in [7, 11) is 0. The van der Waals surface area contributed by atoms with Crippen molar-refractivity contribution in [1.82, 2.24) is 4.90 Å². The van der Waals surface area contributed by atoms with Crippen molar-refractivity contribution in [3.8, 4) is 5.75 Å². The topological polar surface area (TPSA) is 38.8 Å². The van der Waals surface area contributed by atoms with E-state index in [1.54, 1.807) is 0 Å². The van der Waals surface area contributed by atoms with Gasteiger partial charge in [0, 0.05) is 6.54 Å². The number of carbonyl (C=O) groups excluding carboxylic acids is 1. The van der Waals surface area contributed by atoms with Crippen LogP contribution in [0.15, 0.2) is 18.2 Å². The van der Waals surface area contributed by atoms with E-state index >= 15 is 0 Å². The van der Waals surface area contributed by atoms with Crippen LogP contribution in [0.25, 0.3) is 0 Å². The molecule has 2 heterocycles. The minimum absolute atomic E-state index is 0.00121. The van der Waals surface area contributed by atoms with E-state index in [9.17, 15) is 4.79 Å². The highest BCUT2D eigenvalue weighted by Crippen LogP contribution is 2.37. The maximum absolute atomic E-state index is 12.2. The van der Waals surface area contributed by atoms with Crippen LogP contribution in [0.4, 0.5) is 0 Å². The molecule has 19 heavy (non-hydrogen) atoms. The first kappa shape index (κ1) is 12.5. The molecule has 0 aromatic heterocycles. The Bertz CT molecular complexity index is 482. The zero-order valence-corrected chi connectivity index (χ0v) is 11.4. The molecule has 0 atom stereocenters. The first-order valence-corrected chi connectivity index (χ1v) is 6.70. The molecule has 2 aliphatic heterocycles. The molecule has 2 aliphatic rings. The average Bonchev–Trinajstić information content (AvgIpc) is 2.24. The summed E-state index contributed by atoms with van der Waals surface area (Å²) in [4.78, 5) is 14.1. The van der Waals surface area contributed by atoms with Crippen LogP contribution in [0.5, 0.6) is 5.75 Å². The molecule has 0 aliphatic carbocycles. The lowest BCUT2D eigenvalue weighted by Crippen LogP contribution is -2.72. The van der Waals surface area contributed by atoms with E-state index in [2.05, 4.69) is 0 Å². The van der Waals surface area contributed by atoms with Gasteiger partial charge in [0.05, 0.1) is 18.8 Å². The largest absolute Gasteiger partial charge is 0.483 e. The van der Waals surface area contributed by atoms with Gasteiger partial charge in [-0.25, -0.2) is 0 Å². The van der Waals surface area contributed by atoms with Gasteiger partial charge < -0.3 is 14.4 Å². The molecule has 3 rings (SSSR count). The Balaban J connectivity index is 1.62. The van der Waals surface area contributed by atoms with Crippen molar-refractivity contribution in [2.45, 2.75) is 25.8 Å². The van der Waals surface area contributed by atoms with Gasteiger partial charge in [0.1, 0.15) is 5.75 Å². The summed E-state index contributed by atoms with van der Waals surface area (Å²) < 4.78 is 10.9. The molecule has 0 radical (unpaired) electrons. The average molecular weight is 261 g/mol. The van der Waals surface area contributed by atoms with Crippen molar-refractivity contribution in [2.75, 3.05) is 26.4 Å². The van der Waals surface area contributed by atoms with Gasteiger partial charge in [-0.2, -0.15) is 0 Å². The number of para-hydroxylation sites is 1. The lowest BCUT2D eigenvalue weighted by Gasteiger charge is -2.57. The molecule has 2 saturated heterocycles. The minimum atomic E-state index is 0.00121. The van der Waals surface area contributed by atoms with Gasteiger partial charge in [-0.3, -0.25) is 4.79 Å². The van der Waals surface area contributed by atoms with Crippen molar-refractivity contribution in [2.24, 2.45) is 0 Å². The molecule has 1 spiro atoms. The smallest absolute Gasteiger partial charge is 0.261 e. The number of nitrogens with zero attached hydrogens (tertiary/aromatic N) is 1. The molecular formula is C15H19NO3. The second kappa shape index (κ2) is 4.53. The quantitative estimate of drug-likeness (QED) is 0.831. The molecule has 4 nitrogen and oxygen atoms in total. The van der Waals surface area contributed by atoms with Crippen LogP contribution in [0, 0.1) is 13.8 Å². The summed E-state index contributed by atoms with van der Waals surface area (Å²) in [5, 5.41) is 0. The number of hydrogen-bond acceptors (Lipinski definition) is 3. The molecule has 2 fully saturated rings. The second-order valence-corrected chi connectivity index (χ2v) is 5.52. The van der Waals surface area contributed by atoms with E-state index in [4.69, 9.17) is 9.47 Å². The van der Waals surface area contributed by atoms with Crippen LogP contribution in [-0.2, 0) is 9.53 Å². The fraction of sp³-hybridized carbons (Fsp3) is 0.533. The zero-order valence-electron chi connectivity index (χ0n) is 11.4. The van der Waals surface area contributed by atoms with E-state index in [0.717, 1.165) is 29.8 Å². The molecule has 0 unspecified atom stereocenters. The van der Waals surface area contributed by atoms with Crippen molar-refractivity contribution >= 4 is 5.91 Å². The van der Waals surface area contributed by atoms with Crippen molar-refractivity contribution < 1.29 is 14.3 Å². The Morgan fingerprint density at radius 2 is 2.05 bits per heavy atom. The van der Waals surface area contributed by atoms with Crippen LogP contribution in [-0.4, -0.2) is 42.7 Å². The lowest BCUT2D eigenvalue weighted by atomic mass is 9.83. The standard InChI is InChI=1S/C15H19NO3/c1-11-4-3-5-12(2)14(11)19-8-13(17)16-7-6-15(16)9-18-10-15/h3-5H,6-10H2,1-2H3. The third-order valence-corrected chi connectivity index (χ3v) is 4.16. The monoisotopic (exact) mass is 261 g/mol. The van der Waals surface area contributed by atoms with Crippen LogP contribution >= 0.6 is 0 Å². The Morgan fingerprint density at radius 1 is 1.37 bits per heavy atom. The number of ether oxygens (including phenoxy) is 2. The molecule has 1 aromatic rings. The summed E-state index contributed by atoms with van der Waals surface area (Å²) in [6.07, 6.45) is 1.06. The molecule has 0 N–H and O–H groups in total. The van der Waals surface area contributed by atoms with Crippen LogP contribution in [0.3, 0.4) is 0 Å². The fourth-order valence-corrected chi connectivity index (χ4v) is 2.81. The summed E-state index contributed by atoms with van der Waals surface area (Å²) in [6.45, 7) is 6.31. The number of aryl methyl sites for hydroxylation is 2. The van der Waals surface area contributed by atoms with Crippen LogP contribution in [0.1, 0.15) is 17.5 Å². The molecule has 0 saturated carbocycles. The number of hydrogen-bond donors (Lipinski definition) is 0. The van der Waals surface area contributed by atoms with E-state index in [1.165, 1.54) is 0 Å². The van der Waals surface area contributed by atoms with Crippen molar-refractivity contribution in [1.29, 1.82) is 0 Å². The maximum atomic E-state index is 12.2. The van der Waals surface area contributed by atoms with Gasteiger partial charge in [0.25, 0.3) is 5.91 Å². The predicted octanol–water partition coefficient (Wildman–Crippen LogP) is 1.68. The minimum Gasteiger partial charge on any atom is -0.483 e. The van der Waals surface area contributed by atoms with Crippen molar-refractivity contribution in [3.63, 3.8) is 0 Å². The SMILES string of the molecule is Cc1cccc(C)c1OCC(=O)N1CCC12COC2. The molecule has 0 bridgehead atoms. The third kappa shape index (κ3) is 2.00. The van der Waals surface area contributed by atoms with Gasteiger partial charge in [-0.15, -0.1) is 0 Å². The molecule has 1 amide bonds. The molecule has 4 heteroatoms. The summed E-state index contributed by atoms with van der Waals surface area (Å²) in [5.41, 5.74) is 2.14. The molecule has 102 valence electrons. The fourth-order valence-electron chi connectivity index (χ4n) is 2.81. The predicted molar refractivity (Wildman–Crippen MR) is 71.3 cm³/mol. The molecular weight excluding hydrogens is 242 g/mol. The van der Waals surface area contributed by atoms with Gasteiger partial charge in [-0.1, -0.05) is 18.2 Å². The summed E-state index contributed by atoms with van der Waals surface area (Å²) in [6, 6.07) is 5.99. The number of benzene rings is 1. The van der Waals surface area contributed by atoms with E-state index < -0.39 is 0 Å². The normalized spacial score (nSPS) is 19.8. The number of rotatable bonds is 3. The highest BCUT2D eigenvalue weighted by molar-refractivity contribution is 5.80. The second-order valence-electron chi connectivity index (χ2n) is 5.52. The number of amides is 1. The summed E-state index contributed by atoms with van der Waals surface area (Å²) in [5.74, 6) is 0.896. The molecule has 1 aromatic carbocycles. The Hall–Kier alpha value is -1.55. The lowest BCUT2D eigenvalue weighted by molar-refractivity contribution is -0.201. The zero-order chi connectivity index (χ0) is 13.5. The van der Waals surface area contributed by atoms with E-state index in [-0.39, 0.29) is 18.1 Å². The number of likely N-dealkylation sites (tertiary alicyclic amines) is 1. The van der Waals surface area contributed by atoms with E-state index in [0.29, 0.717) is 13.2 Å². The Kier molecular flexibility index (Phi) is 2.97. The van der Waals surface area contributed by atoms with Crippen molar-refractivity contribution in [3.05, 3.63) is 29.3 Å². The van der Waals surface area contributed by atoms with Gasteiger partial charge in [0.2, 0.25) is 0 Å². The Morgan fingerprint density at radius 3 is 2.53 bits per heavy atom. The first-order valence-electron chi connectivity index (χ1n) is 6.70. The van der Waals surface area contributed by atoms with Crippen LogP contribution in [0.2, 0.25) is 0 Å². The Labute approximate surface area is 113 Å². The van der Waals surface area contributed by atoms with Gasteiger partial charge in [-0.05, 0) is 31.4 Å². The van der Waals surface area contributed by atoms with Gasteiger partial charge >= 0.3 is 0 Å². The van der Waals surface area contributed by atoms with E-state index in [1.807, 2.05) is 36.9 Å². The maximum Gasteiger partial charge on any atom is 0.261 e. The first-order chi connectivity index (χ1) is 9.12. The number of carbonyl (C=O) groups is 1. The summed E-state index contributed by atoms with van der Waals surface area (Å²) >= 11 is 0. The van der Waals surface area contributed by atoms with Crippen LogP contribution < -0.4 is 4.74 Å². The third-order valence-electron chi connectivity index (χ3n) is 4.16. The highest BCUT2D eigenvalue weighted by Gasteiger charge is 2.52. The van der Waals surface area contributed by atoms with Gasteiger partial charge in [0.15, 0.2) is 6.61 Å². The highest BCUT2D eigenvalue weighted by atomic mass is 16.5.